The Morgan fingerprint density at radius 3 is 2.84 bits per heavy atom. The second kappa shape index (κ2) is 6.64. The molecule has 4 rings (SSSR count). The van der Waals surface area contributed by atoms with E-state index in [1.807, 2.05) is 36.1 Å². The Hall–Kier alpha value is -2.14. The number of methoxy groups -OCH3 is 1. The lowest BCUT2D eigenvalue weighted by molar-refractivity contribution is 0.0678. The highest BCUT2D eigenvalue weighted by Crippen LogP contribution is 2.33. The lowest BCUT2D eigenvalue weighted by Crippen LogP contribution is -2.39. The molecule has 1 saturated carbocycles. The minimum absolute atomic E-state index is 0.0970. The van der Waals surface area contributed by atoms with Crippen LogP contribution in [0.25, 0.3) is 0 Å². The molecule has 132 valence electrons. The van der Waals surface area contributed by atoms with Gasteiger partial charge in [0.05, 0.1) is 12.3 Å². The maximum absolute atomic E-state index is 13.0. The Balaban J connectivity index is 1.60. The van der Waals surface area contributed by atoms with Gasteiger partial charge < -0.3 is 9.64 Å². The molecule has 1 aromatic heterocycles. The molecular formula is C20H25N3O2. The average molecular weight is 339 g/mol. The molecule has 1 fully saturated rings. The third-order valence-corrected chi connectivity index (χ3v) is 5.23. The van der Waals surface area contributed by atoms with E-state index in [0.29, 0.717) is 19.7 Å². The quantitative estimate of drug-likeness (QED) is 0.841. The molecule has 5 heteroatoms. The van der Waals surface area contributed by atoms with E-state index < -0.39 is 0 Å². The fourth-order valence-electron chi connectivity index (χ4n) is 3.70. The summed E-state index contributed by atoms with van der Waals surface area (Å²) >= 11 is 0. The number of nitrogens with zero attached hydrogens (tertiary/aromatic N) is 3. The number of rotatable bonds is 5. The standard InChI is InChI=1S/C20H25N3O2/c1-14-5-3-4-6-18(14)20(24)22-10-16-12-23(9-15-7-8-15)21-19(16)17(11-22)13-25-2/h3-6,12,15,17H,7-11,13H2,1-2H3. The van der Waals surface area contributed by atoms with E-state index in [1.54, 1.807) is 7.11 Å². The number of ether oxygens (including phenoxy) is 1. The average Bonchev–Trinajstić information content (AvgIpc) is 3.31. The summed E-state index contributed by atoms with van der Waals surface area (Å²) in [5, 5.41) is 4.81. The van der Waals surface area contributed by atoms with Crippen molar-refractivity contribution in [3.05, 3.63) is 52.8 Å². The molecule has 0 radical (unpaired) electrons. The number of hydrogen-bond acceptors (Lipinski definition) is 3. The Morgan fingerprint density at radius 2 is 2.12 bits per heavy atom. The predicted octanol–water partition coefficient (Wildman–Crippen LogP) is 2.99. The topological polar surface area (TPSA) is 47.4 Å². The van der Waals surface area contributed by atoms with Gasteiger partial charge in [-0.3, -0.25) is 9.48 Å². The molecule has 0 bridgehead atoms. The highest BCUT2D eigenvalue weighted by molar-refractivity contribution is 5.95. The normalized spacial score (nSPS) is 19.8. The van der Waals surface area contributed by atoms with Crippen LogP contribution in [-0.4, -0.2) is 40.8 Å². The molecule has 2 aromatic rings. The smallest absolute Gasteiger partial charge is 0.254 e. The van der Waals surface area contributed by atoms with Crippen molar-refractivity contribution in [2.24, 2.45) is 5.92 Å². The Bertz CT molecular complexity index is 779. The summed E-state index contributed by atoms with van der Waals surface area (Å²) in [5.41, 5.74) is 4.07. The Labute approximate surface area is 148 Å². The number of carbonyl (C=O) groups excluding carboxylic acids is 1. The van der Waals surface area contributed by atoms with Crippen molar-refractivity contribution in [3.8, 4) is 0 Å². The van der Waals surface area contributed by atoms with E-state index in [9.17, 15) is 4.79 Å². The third-order valence-electron chi connectivity index (χ3n) is 5.23. The molecule has 1 unspecified atom stereocenters. The van der Waals surface area contributed by atoms with Gasteiger partial charge in [-0.15, -0.1) is 0 Å². The number of benzene rings is 1. The Kier molecular flexibility index (Phi) is 4.34. The second-order valence-electron chi connectivity index (χ2n) is 7.36. The maximum atomic E-state index is 13.0. The van der Waals surface area contributed by atoms with Crippen LogP contribution < -0.4 is 0 Å². The molecule has 0 saturated heterocycles. The van der Waals surface area contributed by atoms with Gasteiger partial charge in [0.1, 0.15) is 0 Å². The van der Waals surface area contributed by atoms with E-state index in [0.717, 1.165) is 34.8 Å². The molecule has 1 amide bonds. The van der Waals surface area contributed by atoms with Gasteiger partial charge in [0, 0.05) is 50.0 Å². The van der Waals surface area contributed by atoms with Crippen LogP contribution in [0.4, 0.5) is 0 Å². The lowest BCUT2D eigenvalue weighted by atomic mass is 9.96. The van der Waals surface area contributed by atoms with Gasteiger partial charge in [-0.05, 0) is 37.3 Å². The van der Waals surface area contributed by atoms with Crippen LogP contribution in [0.3, 0.4) is 0 Å². The van der Waals surface area contributed by atoms with Crippen LogP contribution >= 0.6 is 0 Å². The zero-order valence-corrected chi connectivity index (χ0v) is 14.9. The van der Waals surface area contributed by atoms with Crippen LogP contribution in [-0.2, 0) is 17.8 Å². The summed E-state index contributed by atoms with van der Waals surface area (Å²) < 4.78 is 7.49. The van der Waals surface area contributed by atoms with E-state index in [1.165, 1.54) is 12.8 Å². The van der Waals surface area contributed by atoms with Crippen molar-refractivity contribution in [1.82, 2.24) is 14.7 Å². The Morgan fingerprint density at radius 1 is 1.32 bits per heavy atom. The first kappa shape index (κ1) is 16.3. The molecular weight excluding hydrogens is 314 g/mol. The molecule has 1 aliphatic carbocycles. The molecule has 2 aliphatic rings. The summed E-state index contributed by atoms with van der Waals surface area (Å²) in [5.74, 6) is 1.02. The van der Waals surface area contributed by atoms with E-state index in [2.05, 4.69) is 10.9 Å². The highest BCUT2D eigenvalue weighted by atomic mass is 16.5. The number of hydrogen-bond donors (Lipinski definition) is 0. The van der Waals surface area contributed by atoms with Crippen LogP contribution in [0.1, 0.15) is 45.9 Å². The summed E-state index contributed by atoms with van der Waals surface area (Å²) in [6.07, 6.45) is 4.75. The van der Waals surface area contributed by atoms with Crippen molar-refractivity contribution in [2.75, 3.05) is 20.3 Å². The fourth-order valence-corrected chi connectivity index (χ4v) is 3.70. The zero-order chi connectivity index (χ0) is 17.4. The van der Waals surface area contributed by atoms with E-state index >= 15 is 0 Å². The van der Waals surface area contributed by atoms with E-state index in [-0.39, 0.29) is 11.8 Å². The number of amides is 1. The SMILES string of the molecule is COCC1CN(C(=O)c2ccccc2C)Cc2cn(CC3CC3)nc21. The van der Waals surface area contributed by atoms with Crippen molar-refractivity contribution < 1.29 is 9.53 Å². The van der Waals surface area contributed by atoms with Gasteiger partial charge in [0.25, 0.3) is 5.91 Å². The second-order valence-corrected chi connectivity index (χ2v) is 7.36. The molecule has 1 atom stereocenters. The predicted molar refractivity (Wildman–Crippen MR) is 95.5 cm³/mol. The van der Waals surface area contributed by atoms with Crippen molar-refractivity contribution in [1.29, 1.82) is 0 Å². The van der Waals surface area contributed by atoms with Gasteiger partial charge in [0.15, 0.2) is 0 Å². The summed E-state index contributed by atoms with van der Waals surface area (Å²) in [7, 11) is 1.71. The minimum atomic E-state index is 0.0970. The summed E-state index contributed by atoms with van der Waals surface area (Å²) in [4.78, 5) is 15.0. The molecule has 0 spiro atoms. The monoisotopic (exact) mass is 339 g/mol. The molecule has 1 aromatic carbocycles. The summed E-state index contributed by atoms with van der Waals surface area (Å²) in [6.45, 7) is 4.87. The summed E-state index contributed by atoms with van der Waals surface area (Å²) in [6, 6.07) is 7.80. The van der Waals surface area contributed by atoms with E-state index in [4.69, 9.17) is 9.84 Å². The fraction of sp³-hybridized carbons (Fsp3) is 0.500. The van der Waals surface area contributed by atoms with Crippen molar-refractivity contribution in [2.45, 2.75) is 38.8 Å². The first-order valence-corrected chi connectivity index (χ1v) is 9.05. The number of aryl methyl sites for hydroxylation is 1. The maximum Gasteiger partial charge on any atom is 0.254 e. The molecule has 2 heterocycles. The molecule has 5 nitrogen and oxygen atoms in total. The first-order valence-electron chi connectivity index (χ1n) is 9.05. The van der Waals surface area contributed by atoms with Crippen LogP contribution in [0, 0.1) is 12.8 Å². The largest absolute Gasteiger partial charge is 0.384 e. The van der Waals surface area contributed by atoms with Gasteiger partial charge in [-0.25, -0.2) is 0 Å². The van der Waals surface area contributed by atoms with Gasteiger partial charge in [-0.1, -0.05) is 18.2 Å². The van der Waals surface area contributed by atoms with Crippen molar-refractivity contribution in [3.63, 3.8) is 0 Å². The zero-order valence-electron chi connectivity index (χ0n) is 14.9. The van der Waals surface area contributed by atoms with Crippen LogP contribution in [0.5, 0.6) is 0 Å². The number of aromatic nitrogens is 2. The highest BCUT2D eigenvalue weighted by Gasteiger charge is 2.32. The van der Waals surface area contributed by atoms with Gasteiger partial charge in [0.2, 0.25) is 0 Å². The number of carbonyl (C=O) groups is 1. The molecule has 25 heavy (non-hydrogen) atoms. The van der Waals surface area contributed by atoms with Crippen LogP contribution in [0.2, 0.25) is 0 Å². The third kappa shape index (κ3) is 3.33. The lowest BCUT2D eigenvalue weighted by Gasteiger charge is -2.32. The minimum Gasteiger partial charge on any atom is -0.384 e. The van der Waals surface area contributed by atoms with Gasteiger partial charge >= 0.3 is 0 Å². The number of fused-ring (bicyclic) bond motifs is 1. The first-order chi connectivity index (χ1) is 12.2. The van der Waals surface area contributed by atoms with Crippen LogP contribution in [0.15, 0.2) is 30.5 Å². The van der Waals surface area contributed by atoms with Gasteiger partial charge in [-0.2, -0.15) is 5.10 Å². The molecule has 1 aliphatic heterocycles. The van der Waals surface area contributed by atoms with Crippen molar-refractivity contribution >= 4 is 5.91 Å². The molecule has 0 N–H and O–H groups in total.